The second kappa shape index (κ2) is 7.26. The maximum absolute atomic E-state index is 10.4. The van der Waals surface area contributed by atoms with Gasteiger partial charge in [0.2, 0.25) is 0 Å². The van der Waals surface area contributed by atoms with E-state index < -0.39 is 12.0 Å². The number of nitrogens with two attached hydrogens (primary N) is 1. The Kier molecular flexibility index (Phi) is 6.75. The number of carboxylic acids is 1. The maximum Gasteiger partial charge on any atom is 0.320 e. The van der Waals surface area contributed by atoms with Gasteiger partial charge in [0, 0.05) is 5.02 Å². The average molecular weight is 230 g/mol. The van der Waals surface area contributed by atoms with Crippen molar-refractivity contribution in [1.29, 1.82) is 0 Å². The minimum absolute atomic E-state index is 0.301. The Balaban J connectivity index is 0.000000921. The van der Waals surface area contributed by atoms with Gasteiger partial charge >= 0.3 is 5.97 Å². The molecule has 3 N–H and O–H groups in total. The van der Waals surface area contributed by atoms with Crippen molar-refractivity contribution in [3.8, 4) is 0 Å². The lowest BCUT2D eigenvalue weighted by molar-refractivity contribution is -0.138. The molecule has 1 unspecified atom stereocenters. The molecule has 0 fully saturated rings. The van der Waals surface area contributed by atoms with Crippen LogP contribution in [0.2, 0.25) is 5.02 Å². The van der Waals surface area contributed by atoms with E-state index in [9.17, 15) is 4.79 Å². The Morgan fingerprint density at radius 1 is 1.53 bits per heavy atom. The van der Waals surface area contributed by atoms with Gasteiger partial charge in [0.15, 0.2) is 0 Å². The van der Waals surface area contributed by atoms with Gasteiger partial charge in [0.1, 0.15) is 6.04 Å². The van der Waals surface area contributed by atoms with Crippen LogP contribution in [0.4, 0.5) is 0 Å². The van der Waals surface area contributed by atoms with Crippen molar-refractivity contribution in [3.05, 3.63) is 34.9 Å². The van der Waals surface area contributed by atoms with Gasteiger partial charge in [0.25, 0.3) is 0 Å². The molecule has 0 radical (unpaired) electrons. The molecule has 0 spiro atoms. The first-order chi connectivity index (χ1) is 7.09. The van der Waals surface area contributed by atoms with E-state index >= 15 is 0 Å². The van der Waals surface area contributed by atoms with E-state index in [1.54, 1.807) is 24.3 Å². The molecule has 0 aromatic heterocycles. The quantitative estimate of drug-likeness (QED) is 0.836. The molecule has 1 rings (SSSR count). The summed E-state index contributed by atoms with van der Waals surface area (Å²) in [6.45, 7) is 4.00. The molecule has 84 valence electrons. The highest BCUT2D eigenvalue weighted by molar-refractivity contribution is 6.30. The Morgan fingerprint density at radius 2 is 2.13 bits per heavy atom. The largest absolute Gasteiger partial charge is 0.480 e. The van der Waals surface area contributed by atoms with E-state index in [2.05, 4.69) is 0 Å². The molecule has 0 saturated heterocycles. The highest BCUT2D eigenvalue weighted by atomic mass is 35.5. The molecule has 4 heteroatoms. The summed E-state index contributed by atoms with van der Waals surface area (Å²) in [4.78, 5) is 10.4. The molecule has 3 nitrogen and oxygen atoms in total. The molecule has 15 heavy (non-hydrogen) atoms. The van der Waals surface area contributed by atoms with E-state index in [1.807, 2.05) is 13.8 Å². The third kappa shape index (κ3) is 5.40. The van der Waals surface area contributed by atoms with Crippen LogP contribution in [0, 0.1) is 0 Å². The minimum atomic E-state index is -1.00. The van der Waals surface area contributed by atoms with Crippen molar-refractivity contribution in [2.24, 2.45) is 5.73 Å². The molecule has 1 atom stereocenters. The molecule has 0 heterocycles. The van der Waals surface area contributed by atoms with Crippen LogP contribution in [0.25, 0.3) is 0 Å². The monoisotopic (exact) mass is 229 g/mol. The van der Waals surface area contributed by atoms with Crippen LogP contribution in [0.5, 0.6) is 0 Å². The van der Waals surface area contributed by atoms with Crippen molar-refractivity contribution in [3.63, 3.8) is 0 Å². The van der Waals surface area contributed by atoms with Gasteiger partial charge < -0.3 is 10.8 Å². The fourth-order valence-corrected chi connectivity index (χ4v) is 1.22. The molecule has 1 aromatic rings. The molecule has 0 amide bonds. The maximum atomic E-state index is 10.4. The van der Waals surface area contributed by atoms with Crippen LogP contribution in [0.3, 0.4) is 0 Å². The van der Waals surface area contributed by atoms with Crippen molar-refractivity contribution >= 4 is 17.6 Å². The van der Waals surface area contributed by atoms with Crippen LogP contribution in [0.1, 0.15) is 19.4 Å². The third-order valence-corrected chi connectivity index (χ3v) is 1.90. The normalized spacial score (nSPS) is 11.2. The Bertz CT molecular complexity index is 315. The van der Waals surface area contributed by atoms with Gasteiger partial charge in [-0.2, -0.15) is 0 Å². The first-order valence-corrected chi connectivity index (χ1v) is 5.20. The summed E-state index contributed by atoms with van der Waals surface area (Å²) in [5.74, 6) is -1.00. The zero-order valence-corrected chi connectivity index (χ0v) is 9.66. The van der Waals surface area contributed by atoms with Gasteiger partial charge in [-0.15, -0.1) is 0 Å². The predicted molar refractivity (Wildman–Crippen MR) is 62.1 cm³/mol. The molecular formula is C11H16ClNO2. The van der Waals surface area contributed by atoms with E-state index in [0.717, 1.165) is 5.56 Å². The number of carbonyl (C=O) groups is 1. The SMILES string of the molecule is CC.NC(Cc1cccc(Cl)c1)C(=O)O. The number of carboxylic acid groups (broad SMARTS) is 1. The van der Waals surface area contributed by atoms with Crippen LogP contribution in [-0.4, -0.2) is 17.1 Å². The zero-order valence-electron chi connectivity index (χ0n) is 8.90. The van der Waals surface area contributed by atoms with Crippen LogP contribution in [0.15, 0.2) is 24.3 Å². The lowest BCUT2D eigenvalue weighted by Crippen LogP contribution is -2.32. The van der Waals surface area contributed by atoms with Crippen LogP contribution < -0.4 is 5.73 Å². The predicted octanol–water partition coefficient (Wildman–Crippen LogP) is 2.32. The van der Waals surface area contributed by atoms with Gasteiger partial charge in [-0.3, -0.25) is 4.79 Å². The van der Waals surface area contributed by atoms with Crippen molar-refractivity contribution < 1.29 is 9.90 Å². The number of hydrogen-bond acceptors (Lipinski definition) is 2. The summed E-state index contributed by atoms with van der Waals surface area (Å²) in [6.07, 6.45) is 0.301. The first-order valence-electron chi connectivity index (χ1n) is 4.82. The van der Waals surface area contributed by atoms with Crippen LogP contribution in [-0.2, 0) is 11.2 Å². The molecule has 0 bridgehead atoms. The van der Waals surface area contributed by atoms with Gasteiger partial charge in [-0.1, -0.05) is 37.6 Å². The molecule has 0 aliphatic rings. The number of benzene rings is 1. The van der Waals surface area contributed by atoms with Gasteiger partial charge in [0.05, 0.1) is 0 Å². The summed E-state index contributed by atoms with van der Waals surface area (Å²) in [6, 6.07) is 6.15. The Hall–Kier alpha value is -1.06. The number of hydrogen-bond donors (Lipinski definition) is 2. The number of rotatable bonds is 3. The Labute approximate surface area is 94.9 Å². The molecule has 0 aliphatic heterocycles. The van der Waals surface area contributed by atoms with Crippen molar-refractivity contribution in [1.82, 2.24) is 0 Å². The summed E-state index contributed by atoms with van der Waals surface area (Å²) in [7, 11) is 0. The fraction of sp³-hybridized carbons (Fsp3) is 0.364. The second-order valence-electron chi connectivity index (χ2n) is 2.78. The minimum Gasteiger partial charge on any atom is -0.480 e. The lowest BCUT2D eigenvalue weighted by atomic mass is 10.1. The van der Waals surface area contributed by atoms with Gasteiger partial charge in [-0.05, 0) is 24.1 Å². The van der Waals surface area contributed by atoms with Crippen molar-refractivity contribution in [2.75, 3.05) is 0 Å². The van der Waals surface area contributed by atoms with E-state index in [4.69, 9.17) is 22.4 Å². The number of aliphatic carboxylic acids is 1. The van der Waals surface area contributed by atoms with E-state index in [-0.39, 0.29) is 0 Å². The topological polar surface area (TPSA) is 63.3 Å². The fourth-order valence-electron chi connectivity index (χ4n) is 1.01. The van der Waals surface area contributed by atoms with E-state index in [0.29, 0.717) is 11.4 Å². The summed E-state index contributed by atoms with van der Waals surface area (Å²) in [5, 5.41) is 9.15. The summed E-state index contributed by atoms with van der Waals surface area (Å²) in [5.41, 5.74) is 6.19. The number of halogens is 1. The Morgan fingerprint density at radius 3 is 2.60 bits per heavy atom. The highest BCUT2D eigenvalue weighted by Gasteiger charge is 2.11. The molecule has 0 saturated carbocycles. The average Bonchev–Trinajstić information content (AvgIpc) is 2.20. The smallest absolute Gasteiger partial charge is 0.320 e. The molecule has 0 aliphatic carbocycles. The summed E-state index contributed by atoms with van der Waals surface area (Å²) < 4.78 is 0. The van der Waals surface area contributed by atoms with E-state index in [1.165, 1.54) is 0 Å². The standard InChI is InChI=1S/C9H10ClNO2.C2H6/c10-7-3-1-2-6(4-7)5-8(11)9(12)13;1-2/h1-4,8H,5,11H2,(H,12,13);1-2H3. The highest BCUT2D eigenvalue weighted by Crippen LogP contribution is 2.11. The van der Waals surface area contributed by atoms with Crippen molar-refractivity contribution in [2.45, 2.75) is 26.3 Å². The zero-order chi connectivity index (χ0) is 11.8. The third-order valence-electron chi connectivity index (χ3n) is 1.66. The second-order valence-corrected chi connectivity index (χ2v) is 3.22. The van der Waals surface area contributed by atoms with Crippen LogP contribution >= 0.6 is 11.6 Å². The molecule has 1 aromatic carbocycles. The summed E-state index contributed by atoms with van der Waals surface area (Å²) >= 11 is 5.72. The lowest BCUT2D eigenvalue weighted by Gasteiger charge is -2.05. The molecular weight excluding hydrogens is 214 g/mol. The van der Waals surface area contributed by atoms with Gasteiger partial charge in [-0.25, -0.2) is 0 Å². The first kappa shape index (κ1) is 13.9.